The Morgan fingerprint density at radius 3 is 2.30 bits per heavy atom. The van der Waals surface area contributed by atoms with Crippen LogP contribution in [0.25, 0.3) is 0 Å². The monoisotopic (exact) mass is 322 g/mol. The molecular weight excluding hydrogens is 288 g/mol. The third-order valence-corrected chi connectivity index (χ3v) is 7.86. The summed E-state index contributed by atoms with van der Waals surface area (Å²) in [5.74, 6) is 1.07. The second-order valence-corrected chi connectivity index (χ2v) is 9.20. The third kappa shape index (κ3) is 2.42. The van der Waals surface area contributed by atoms with Crippen LogP contribution in [-0.4, -0.2) is 34.6 Å². The van der Waals surface area contributed by atoms with Crippen molar-refractivity contribution in [1.29, 1.82) is 0 Å². The summed E-state index contributed by atoms with van der Waals surface area (Å²) in [6, 6.07) is 0. The fourth-order valence-corrected chi connectivity index (χ4v) is 6.59. The summed E-state index contributed by atoms with van der Waals surface area (Å²) in [7, 11) is 0. The minimum Gasteiger partial charge on any atom is -0.396 e. The topological polar surface area (TPSA) is 49.7 Å². The molecule has 0 bridgehead atoms. The molecule has 3 fully saturated rings. The van der Waals surface area contributed by atoms with E-state index in [-0.39, 0.29) is 23.0 Å². The fourth-order valence-electron chi connectivity index (χ4n) is 6.59. The van der Waals surface area contributed by atoms with Crippen LogP contribution in [0, 0.1) is 22.7 Å². The summed E-state index contributed by atoms with van der Waals surface area (Å²) >= 11 is 0. The van der Waals surface area contributed by atoms with Gasteiger partial charge in [-0.3, -0.25) is 0 Å². The lowest BCUT2D eigenvalue weighted by atomic mass is 9.44. The van der Waals surface area contributed by atoms with Crippen molar-refractivity contribution in [3.05, 3.63) is 12.7 Å². The summed E-state index contributed by atoms with van der Waals surface area (Å²) in [5, 5.41) is 19.9. The maximum atomic E-state index is 10.0. The van der Waals surface area contributed by atoms with E-state index in [1.54, 1.807) is 0 Å². The molecule has 0 aromatic rings. The number of rotatable bonds is 3. The smallest absolute Gasteiger partial charge is 0.110 e. The molecule has 1 saturated heterocycles. The molecule has 6 atom stereocenters. The van der Waals surface area contributed by atoms with Gasteiger partial charge in [-0.2, -0.15) is 0 Å². The predicted octanol–water partition coefficient (Wildman–Crippen LogP) is 3.69. The Bertz CT molecular complexity index is 478. The van der Waals surface area contributed by atoms with Crippen molar-refractivity contribution < 1.29 is 14.9 Å². The lowest BCUT2D eigenvalue weighted by Gasteiger charge is -2.65. The van der Waals surface area contributed by atoms with Gasteiger partial charge in [-0.15, -0.1) is 6.58 Å². The molecule has 23 heavy (non-hydrogen) atoms. The van der Waals surface area contributed by atoms with Crippen molar-refractivity contribution in [3.63, 3.8) is 0 Å². The maximum Gasteiger partial charge on any atom is 0.110 e. The SMILES string of the molecule is C=C[C@@]1(CO)CC[C@@H]2[C@]3(C)CCC[C@](C)(CO)[C@@H]3CC[C@]2(C)O1. The van der Waals surface area contributed by atoms with E-state index in [0.717, 1.165) is 32.1 Å². The number of fused-ring (bicyclic) bond motifs is 3. The number of aliphatic hydroxyl groups excluding tert-OH is 2. The van der Waals surface area contributed by atoms with Crippen LogP contribution < -0.4 is 0 Å². The lowest BCUT2D eigenvalue weighted by Crippen LogP contribution is -2.64. The number of hydrogen-bond acceptors (Lipinski definition) is 3. The summed E-state index contributed by atoms with van der Waals surface area (Å²) in [6.07, 6.45) is 9.44. The van der Waals surface area contributed by atoms with Crippen LogP contribution in [0.2, 0.25) is 0 Å². The predicted molar refractivity (Wildman–Crippen MR) is 92.1 cm³/mol. The van der Waals surface area contributed by atoms with Gasteiger partial charge in [0.15, 0.2) is 0 Å². The highest BCUT2D eigenvalue weighted by Gasteiger charge is 2.62. The van der Waals surface area contributed by atoms with E-state index in [4.69, 9.17) is 4.74 Å². The molecule has 0 radical (unpaired) electrons. The highest BCUT2D eigenvalue weighted by atomic mass is 16.5. The average molecular weight is 322 g/mol. The van der Waals surface area contributed by atoms with E-state index < -0.39 is 5.60 Å². The van der Waals surface area contributed by atoms with Crippen LogP contribution in [0.1, 0.15) is 65.7 Å². The fraction of sp³-hybridized carbons (Fsp3) is 0.900. The molecule has 3 aliphatic rings. The zero-order valence-corrected chi connectivity index (χ0v) is 15.1. The number of aliphatic hydroxyl groups is 2. The van der Waals surface area contributed by atoms with Gasteiger partial charge in [0.25, 0.3) is 0 Å². The number of ether oxygens (including phenoxy) is 1. The van der Waals surface area contributed by atoms with E-state index in [0.29, 0.717) is 18.4 Å². The summed E-state index contributed by atoms with van der Waals surface area (Å²) in [5.41, 5.74) is -0.471. The zero-order valence-electron chi connectivity index (χ0n) is 15.1. The van der Waals surface area contributed by atoms with Crippen molar-refractivity contribution in [2.45, 2.75) is 76.9 Å². The first-order valence-electron chi connectivity index (χ1n) is 9.33. The van der Waals surface area contributed by atoms with Crippen molar-refractivity contribution in [2.24, 2.45) is 22.7 Å². The van der Waals surface area contributed by atoms with E-state index >= 15 is 0 Å². The van der Waals surface area contributed by atoms with Gasteiger partial charge in [-0.25, -0.2) is 0 Å². The molecule has 0 aromatic carbocycles. The van der Waals surface area contributed by atoms with Gasteiger partial charge in [0.1, 0.15) is 5.60 Å². The van der Waals surface area contributed by atoms with E-state index in [2.05, 4.69) is 27.4 Å². The van der Waals surface area contributed by atoms with Crippen LogP contribution in [0.15, 0.2) is 12.7 Å². The Morgan fingerprint density at radius 1 is 1.00 bits per heavy atom. The lowest BCUT2D eigenvalue weighted by molar-refractivity contribution is -0.266. The molecule has 0 spiro atoms. The van der Waals surface area contributed by atoms with Crippen molar-refractivity contribution in [2.75, 3.05) is 13.2 Å². The number of hydrogen-bond donors (Lipinski definition) is 2. The first-order valence-corrected chi connectivity index (χ1v) is 9.33. The van der Waals surface area contributed by atoms with E-state index in [1.807, 2.05) is 6.08 Å². The van der Waals surface area contributed by atoms with Crippen LogP contribution in [0.5, 0.6) is 0 Å². The third-order valence-electron chi connectivity index (χ3n) is 7.86. The molecule has 2 aliphatic carbocycles. The second kappa shape index (κ2) is 5.57. The Morgan fingerprint density at radius 2 is 1.70 bits per heavy atom. The summed E-state index contributed by atoms with van der Waals surface area (Å²) in [4.78, 5) is 0. The maximum absolute atomic E-state index is 10.0. The molecule has 1 aliphatic heterocycles. The molecule has 2 saturated carbocycles. The normalized spacial score (nSPS) is 53.3. The molecule has 132 valence electrons. The van der Waals surface area contributed by atoms with Crippen molar-refractivity contribution in [1.82, 2.24) is 0 Å². The Kier molecular flexibility index (Phi) is 4.23. The minimum absolute atomic E-state index is 0.0211. The summed E-state index contributed by atoms with van der Waals surface area (Å²) in [6.45, 7) is 11.2. The average Bonchev–Trinajstić information content (AvgIpc) is 2.53. The molecule has 3 rings (SSSR count). The first kappa shape index (κ1) is 17.4. The Balaban J connectivity index is 1.94. The highest BCUT2D eigenvalue weighted by molar-refractivity contribution is 5.13. The largest absolute Gasteiger partial charge is 0.396 e. The van der Waals surface area contributed by atoms with Crippen molar-refractivity contribution >= 4 is 0 Å². The van der Waals surface area contributed by atoms with Crippen LogP contribution in [0.3, 0.4) is 0 Å². The highest BCUT2D eigenvalue weighted by Crippen LogP contribution is 2.65. The van der Waals surface area contributed by atoms with Crippen LogP contribution in [0.4, 0.5) is 0 Å². The molecule has 0 aromatic heterocycles. The molecule has 3 heteroatoms. The molecule has 0 amide bonds. The van der Waals surface area contributed by atoms with Gasteiger partial charge < -0.3 is 14.9 Å². The Hall–Kier alpha value is -0.380. The van der Waals surface area contributed by atoms with Gasteiger partial charge in [-0.05, 0) is 68.1 Å². The molecule has 3 nitrogen and oxygen atoms in total. The van der Waals surface area contributed by atoms with Crippen LogP contribution in [-0.2, 0) is 4.74 Å². The van der Waals surface area contributed by atoms with E-state index in [1.165, 1.54) is 12.8 Å². The quantitative estimate of drug-likeness (QED) is 0.779. The standard InChI is InChI=1S/C20H34O3/c1-5-20(14-22)12-8-16-18(3)10-6-9-17(2,13-21)15(18)7-11-19(16,4)23-20/h5,15-16,21-22H,1,6-14H2,2-4H3/t15-,16+,17+,18+,19-,20-/m0/s1. The summed E-state index contributed by atoms with van der Waals surface area (Å²) < 4.78 is 6.55. The molecule has 1 heterocycles. The molecular formula is C20H34O3. The second-order valence-electron chi connectivity index (χ2n) is 9.20. The molecule has 2 N–H and O–H groups in total. The van der Waals surface area contributed by atoms with Gasteiger partial charge in [-0.1, -0.05) is 26.3 Å². The molecule has 0 unspecified atom stereocenters. The minimum atomic E-state index is -0.566. The van der Waals surface area contributed by atoms with Crippen molar-refractivity contribution in [3.8, 4) is 0 Å². The van der Waals surface area contributed by atoms with E-state index in [9.17, 15) is 10.2 Å². The zero-order chi connectivity index (χ0) is 16.9. The van der Waals surface area contributed by atoms with Gasteiger partial charge in [0, 0.05) is 6.61 Å². The first-order chi connectivity index (χ1) is 10.8. The van der Waals surface area contributed by atoms with Gasteiger partial charge in [0.05, 0.1) is 12.2 Å². The van der Waals surface area contributed by atoms with Crippen LogP contribution >= 0.6 is 0 Å². The van der Waals surface area contributed by atoms with Gasteiger partial charge in [0.2, 0.25) is 0 Å². The van der Waals surface area contributed by atoms with Gasteiger partial charge >= 0.3 is 0 Å². The Labute approximate surface area is 141 Å².